The molecule has 0 radical (unpaired) electrons. The van der Waals surface area contributed by atoms with Gasteiger partial charge >= 0.3 is 0 Å². The van der Waals surface area contributed by atoms with Crippen molar-refractivity contribution in [2.24, 2.45) is 5.92 Å². The van der Waals surface area contributed by atoms with Gasteiger partial charge in [0, 0.05) is 45.1 Å². The summed E-state index contributed by atoms with van der Waals surface area (Å²) in [6.07, 6.45) is 9.34. The molecule has 0 saturated carbocycles. The van der Waals surface area contributed by atoms with E-state index in [1.807, 2.05) is 6.20 Å². The zero-order valence-electron chi connectivity index (χ0n) is 19.2. The summed E-state index contributed by atoms with van der Waals surface area (Å²) in [7, 11) is 0. The van der Waals surface area contributed by atoms with Crippen molar-refractivity contribution in [1.29, 1.82) is 0 Å². The smallest absolute Gasteiger partial charge is 0.138 e. The van der Waals surface area contributed by atoms with Gasteiger partial charge in [0.25, 0.3) is 0 Å². The van der Waals surface area contributed by atoms with Crippen molar-refractivity contribution >= 4 is 11.5 Å². The molecule has 2 aliphatic heterocycles. The molecule has 2 fully saturated rings. The van der Waals surface area contributed by atoms with E-state index in [2.05, 4.69) is 62.6 Å². The maximum Gasteiger partial charge on any atom is 0.138 e. The average molecular weight is 431 g/mol. The van der Waals surface area contributed by atoms with Crippen LogP contribution in [0.5, 0.6) is 0 Å². The Bertz CT molecular complexity index is 1080. The summed E-state index contributed by atoms with van der Waals surface area (Å²) in [4.78, 5) is 17.6. The predicted octanol–water partition coefficient (Wildman–Crippen LogP) is 3.77. The lowest BCUT2D eigenvalue weighted by Crippen LogP contribution is -2.46. The van der Waals surface area contributed by atoms with Crippen LogP contribution in [0.25, 0.3) is 5.65 Å². The summed E-state index contributed by atoms with van der Waals surface area (Å²) in [5.41, 5.74) is 5.00. The van der Waals surface area contributed by atoms with Crippen LogP contribution in [0, 0.1) is 5.92 Å². The molecule has 0 amide bonds. The first-order valence-corrected chi connectivity index (χ1v) is 12.4. The number of hydrogen-bond acceptors (Lipinski definition) is 5. The molecule has 0 unspecified atom stereocenters. The van der Waals surface area contributed by atoms with Crippen LogP contribution in [0.1, 0.15) is 49.2 Å². The zero-order chi connectivity index (χ0) is 21.5. The maximum atomic E-state index is 5.05. The second-order valence-electron chi connectivity index (χ2n) is 9.67. The molecule has 0 aromatic carbocycles. The fourth-order valence-electron chi connectivity index (χ4n) is 6.18. The normalized spacial score (nSPS) is 24.5. The zero-order valence-corrected chi connectivity index (χ0v) is 19.2. The molecule has 168 valence electrons. The number of aromatic nitrogens is 3. The number of nitrogens with zero attached hydrogens (tertiary/aromatic N) is 6. The number of aryl methyl sites for hydroxylation is 1. The van der Waals surface area contributed by atoms with Crippen LogP contribution in [-0.2, 0) is 13.0 Å². The highest BCUT2D eigenvalue weighted by atomic mass is 15.3. The number of piperidine rings is 1. The molecular formula is C26H34N6. The summed E-state index contributed by atoms with van der Waals surface area (Å²) in [6, 6.07) is 11.4. The molecule has 0 N–H and O–H groups in total. The topological polar surface area (TPSA) is 39.9 Å². The monoisotopic (exact) mass is 430 g/mol. The predicted molar refractivity (Wildman–Crippen MR) is 128 cm³/mol. The number of hydrogen-bond donors (Lipinski definition) is 0. The van der Waals surface area contributed by atoms with E-state index in [9.17, 15) is 0 Å². The Kier molecular flexibility index (Phi) is 5.35. The van der Waals surface area contributed by atoms with Gasteiger partial charge in [0.05, 0.1) is 17.4 Å². The van der Waals surface area contributed by atoms with E-state index in [-0.39, 0.29) is 0 Å². The van der Waals surface area contributed by atoms with E-state index in [1.165, 1.54) is 48.5 Å². The van der Waals surface area contributed by atoms with Gasteiger partial charge in [-0.3, -0.25) is 14.3 Å². The average Bonchev–Trinajstić information content (AvgIpc) is 3.26. The van der Waals surface area contributed by atoms with Gasteiger partial charge in [-0.2, -0.15) is 0 Å². The molecule has 6 rings (SSSR count). The van der Waals surface area contributed by atoms with E-state index in [4.69, 9.17) is 9.97 Å². The van der Waals surface area contributed by atoms with Crippen molar-refractivity contribution in [1.82, 2.24) is 24.2 Å². The van der Waals surface area contributed by atoms with Crippen LogP contribution in [0.2, 0.25) is 0 Å². The molecular weight excluding hydrogens is 396 g/mol. The summed E-state index contributed by atoms with van der Waals surface area (Å²) in [6.45, 7) is 9.87. The van der Waals surface area contributed by atoms with Gasteiger partial charge in [-0.1, -0.05) is 19.1 Å². The van der Waals surface area contributed by atoms with E-state index < -0.39 is 0 Å². The highest BCUT2D eigenvalue weighted by molar-refractivity contribution is 5.53. The Morgan fingerprint density at radius 1 is 1.00 bits per heavy atom. The number of imidazole rings is 1. The van der Waals surface area contributed by atoms with Crippen LogP contribution < -0.4 is 4.90 Å². The molecule has 3 aromatic heterocycles. The lowest BCUT2D eigenvalue weighted by atomic mass is 9.77. The minimum Gasteiger partial charge on any atom is -0.355 e. The number of anilines is 1. The highest BCUT2D eigenvalue weighted by Gasteiger charge is 2.37. The van der Waals surface area contributed by atoms with Gasteiger partial charge in [0.2, 0.25) is 0 Å². The molecule has 2 saturated heterocycles. The van der Waals surface area contributed by atoms with Crippen molar-refractivity contribution in [3.63, 3.8) is 0 Å². The van der Waals surface area contributed by atoms with Crippen LogP contribution in [0.15, 0.2) is 42.7 Å². The summed E-state index contributed by atoms with van der Waals surface area (Å²) in [5.74, 6) is 2.01. The third-order valence-electron chi connectivity index (χ3n) is 7.88. The van der Waals surface area contributed by atoms with Gasteiger partial charge in [-0.25, -0.2) is 4.98 Å². The van der Waals surface area contributed by atoms with Crippen LogP contribution in [0.4, 0.5) is 5.82 Å². The third-order valence-corrected chi connectivity index (χ3v) is 7.88. The number of likely N-dealkylation sites (tertiary alicyclic amines) is 1. The molecule has 2 atom stereocenters. The van der Waals surface area contributed by atoms with Crippen LogP contribution in [-0.4, -0.2) is 63.4 Å². The lowest BCUT2D eigenvalue weighted by Gasteiger charge is -2.44. The molecule has 3 aromatic rings. The van der Waals surface area contributed by atoms with Crippen molar-refractivity contribution in [2.45, 2.75) is 45.2 Å². The van der Waals surface area contributed by atoms with Gasteiger partial charge in [-0.15, -0.1) is 0 Å². The van der Waals surface area contributed by atoms with Gasteiger partial charge in [0.15, 0.2) is 0 Å². The Hall–Kier alpha value is -2.44. The maximum absolute atomic E-state index is 5.05. The fourth-order valence-corrected chi connectivity index (χ4v) is 6.18. The number of piperazine rings is 1. The van der Waals surface area contributed by atoms with Gasteiger partial charge in [-0.05, 0) is 68.5 Å². The molecule has 32 heavy (non-hydrogen) atoms. The van der Waals surface area contributed by atoms with Crippen molar-refractivity contribution < 1.29 is 0 Å². The number of fused-ring (bicyclic) bond motifs is 4. The number of pyridine rings is 2. The Labute approximate surface area is 190 Å². The standard InChI is InChI=1S/C26H34N6/c1-2-29-14-16-30(17-15-29)24-9-3-8-23-28-22(19-32(23)24)18-31-13-5-7-21-11-10-20-6-4-12-27-25(20)26(21)31/h3-4,6,8-9,12,19,21,26H,2,5,7,10-11,13-18H2,1H3/t21-,26-/m0/s1. The highest BCUT2D eigenvalue weighted by Crippen LogP contribution is 2.43. The van der Waals surface area contributed by atoms with Crippen molar-refractivity contribution in [2.75, 3.05) is 44.2 Å². The fraction of sp³-hybridized carbons (Fsp3) is 0.538. The molecule has 1 aliphatic carbocycles. The molecule has 0 bridgehead atoms. The summed E-state index contributed by atoms with van der Waals surface area (Å²) >= 11 is 0. The number of rotatable bonds is 4. The van der Waals surface area contributed by atoms with E-state index >= 15 is 0 Å². The van der Waals surface area contributed by atoms with Crippen LogP contribution in [0.3, 0.4) is 0 Å². The van der Waals surface area contributed by atoms with E-state index in [0.717, 1.165) is 57.4 Å². The molecule has 0 spiro atoms. The minimum atomic E-state index is 0.445. The molecule has 6 nitrogen and oxygen atoms in total. The largest absolute Gasteiger partial charge is 0.355 e. The van der Waals surface area contributed by atoms with Gasteiger partial charge in [0.1, 0.15) is 11.5 Å². The van der Waals surface area contributed by atoms with E-state index in [1.54, 1.807) is 0 Å². The van der Waals surface area contributed by atoms with Crippen molar-refractivity contribution in [3.8, 4) is 0 Å². The molecule has 5 heterocycles. The Morgan fingerprint density at radius 3 is 2.78 bits per heavy atom. The van der Waals surface area contributed by atoms with Crippen molar-refractivity contribution in [3.05, 3.63) is 59.7 Å². The lowest BCUT2D eigenvalue weighted by molar-refractivity contribution is 0.0687. The van der Waals surface area contributed by atoms with E-state index in [0.29, 0.717) is 6.04 Å². The summed E-state index contributed by atoms with van der Waals surface area (Å²) < 4.78 is 2.31. The van der Waals surface area contributed by atoms with Gasteiger partial charge < -0.3 is 9.80 Å². The quantitative estimate of drug-likeness (QED) is 0.630. The summed E-state index contributed by atoms with van der Waals surface area (Å²) in [5, 5.41) is 0. The Balaban J connectivity index is 1.27. The van der Waals surface area contributed by atoms with Crippen LogP contribution >= 0.6 is 0 Å². The first-order chi connectivity index (χ1) is 15.8. The Morgan fingerprint density at radius 2 is 1.91 bits per heavy atom. The molecule has 3 aliphatic rings. The number of likely N-dealkylation sites (N-methyl/N-ethyl adjacent to an activating group) is 1. The second-order valence-corrected chi connectivity index (χ2v) is 9.67. The SMILES string of the molecule is CCN1CCN(c2cccc3nc(CN4CCC[C@H]5CCc6cccnc6[C@H]54)cn23)CC1. The minimum absolute atomic E-state index is 0.445. The second kappa shape index (κ2) is 8.49. The molecule has 6 heteroatoms. The first kappa shape index (κ1) is 20.2. The third kappa shape index (κ3) is 3.59. The first-order valence-electron chi connectivity index (χ1n) is 12.4.